The Hall–Kier alpha value is -2.09. The second kappa shape index (κ2) is 5.70. The van der Waals surface area contributed by atoms with Gasteiger partial charge >= 0.3 is 0 Å². The fourth-order valence-electron chi connectivity index (χ4n) is 2.03. The molecule has 2 aromatic carbocycles. The minimum absolute atomic E-state index is 0.0569. The Balaban J connectivity index is 2.18. The van der Waals surface area contributed by atoms with Crippen LogP contribution in [0.25, 0.3) is 0 Å². The summed E-state index contributed by atoms with van der Waals surface area (Å²) >= 11 is 0. The molecule has 0 aliphatic rings. The van der Waals surface area contributed by atoms with E-state index in [0.717, 1.165) is 12.1 Å². The first-order valence-electron chi connectivity index (χ1n) is 6.57. The third-order valence-electron chi connectivity index (χ3n) is 3.30. The summed E-state index contributed by atoms with van der Waals surface area (Å²) in [5, 5.41) is 2.92. The Morgan fingerprint density at radius 1 is 1.05 bits per heavy atom. The third kappa shape index (κ3) is 3.22. The Morgan fingerprint density at radius 3 is 2.37 bits per heavy atom. The number of carbonyl (C=O) groups excluding carboxylic acids is 1. The van der Waals surface area contributed by atoms with Crippen molar-refractivity contribution in [2.75, 3.05) is 5.32 Å². The fourth-order valence-corrected chi connectivity index (χ4v) is 2.03. The highest BCUT2D eigenvalue weighted by atomic mass is 16.1. The van der Waals surface area contributed by atoms with Crippen molar-refractivity contribution in [3.8, 4) is 0 Å². The zero-order valence-corrected chi connectivity index (χ0v) is 11.7. The first-order chi connectivity index (χ1) is 9.10. The molecule has 0 radical (unpaired) electrons. The molecule has 0 bridgehead atoms. The van der Waals surface area contributed by atoms with Gasteiger partial charge in [0.2, 0.25) is 0 Å². The molecule has 0 fully saturated rings. The summed E-state index contributed by atoms with van der Waals surface area (Å²) in [7, 11) is 0. The molecule has 2 heteroatoms. The summed E-state index contributed by atoms with van der Waals surface area (Å²) in [6.07, 6.45) is 0.942. The topological polar surface area (TPSA) is 29.1 Å². The minimum atomic E-state index is -0.0569. The van der Waals surface area contributed by atoms with Gasteiger partial charge in [-0.1, -0.05) is 30.7 Å². The average molecular weight is 253 g/mol. The number of rotatable bonds is 3. The lowest BCUT2D eigenvalue weighted by Crippen LogP contribution is -2.12. The lowest BCUT2D eigenvalue weighted by molar-refractivity contribution is 0.102. The van der Waals surface area contributed by atoms with Gasteiger partial charge in [-0.3, -0.25) is 4.79 Å². The van der Waals surface area contributed by atoms with Crippen molar-refractivity contribution in [2.24, 2.45) is 0 Å². The van der Waals surface area contributed by atoms with E-state index in [1.54, 1.807) is 0 Å². The molecule has 0 heterocycles. The summed E-state index contributed by atoms with van der Waals surface area (Å²) in [6.45, 7) is 6.20. The maximum atomic E-state index is 12.2. The van der Waals surface area contributed by atoms with Crippen molar-refractivity contribution in [1.29, 1.82) is 0 Å². The number of aryl methyl sites for hydroxylation is 3. The number of carbonyl (C=O) groups is 1. The second-order valence-corrected chi connectivity index (χ2v) is 4.81. The minimum Gasteiger partial charge on any atom is -0.322 e. The first kappa shape index (κ1) is 13.3. The van der Waals surface area contributed by atoms with E-state index < -0.39 is 0 Å². The summed E-state index contributed by atoms with van der Waals surface area (Å²) in [4.78, 5) is 12.2. The van der Waals surface area contributed by atoms with Gasteiger partial charge in [-0.2, -0.15) is 0 Å². The quantitative estimate of drug-likeness (QED) is 0.876. The monoisotopic (exact) mass is 253 g/mol. The van der Waals surface area contributed by atoms with Gasteiger partial charge in [0.05, 0.1) is 0 Å². The van der Waals surface area contributed by atoms with Crippen LogP contribution in [0.4, 0.5) is 5.69 Å². The van der Waals surface area contributed by atoms with Crippen molar-refractivity contribution in [2.45, 2.75) is 27.2 Å². The molecule has 2 nitrogen and oxygen atoms in total. The number of hydrogen-bond acceptors (Lipinski definition) is 1. The first-order valence-corrected chi connectivity index (χ1v) is 6.57. The van der Waals surface area contributed by atoms with Gasteiger partial charge in [-0.05, 0) is 55.7 Å². The van der Waals surface area contributed by atoms with Crippen LogP contribution in [-0.4, -0.2) is 5.91 Å². The normalized spacial score (nSPS) is 10.3. The Bertz CT molecular complexity index is 585. The number of amides is 1. The zero-order chi connectivity index (χ0) is 13.8. The molecule has 0 spiro atoms. The standard InChI is InChI=1S/C17H19NO/c1-4-14-11-15(8-7-13(14)3)17(19)18-16-9-5-12(2)6-10-16/h5-11H,4H2,1-3H3,(H,18,19). The molecule has 0 aromatic heterocycles. The van der Waals surface area contributed by atoms with Gasteiger partial charge in [-0.15, -0.1) is 0 Å². The maximum Gasteiger partial charge on any atom is 0.255 e. The molecular formula is C17H19NO. The van der Waals surface area contributed by atoms with Gasteiger partial charge in [0.25, 0.3) is 5.91 Å². The van der Waals surface area contributed by atoms with E-state index in [1.165, 1.54) is 16.7 Å². The van der Waals surface area contributed by atoms with Gasteiger partial charge in [-0.25, -0.2) is 0 Å². The van der Waals surface area contributed by atoms with Gasteiger partial charge in [0.1, 0.15) is 0 Å². The van der Waals surface area contributed by atoms with Crippen molar-refractivity contribution >= 4 is 11.6 Å². The molecule has 98 valence electrons. The van der Waals surface area contributed by atoms with Crippen LogP contribution in [0, 0.1) is 13.8 Å². The van der Waals surface area contributed by atoms with Crippen LogP contribution in [0.5, 0.6) is 0 Å². The molecule has 2 rings (SSSR count). The van der Waals surface area contributed by atoms with Crippen molar-refractivity contribution in [3.63, 3.8) is 0 Å². The van der Waals surface area contributed by atoms with E-state index in [-0.39, 0.29) is 5.91 Å². The van der Waals surface area contributed by atoms with Crippen LogP contribution < -0.4 is 5.32 Å². The highest BCUT2D eigenvalue weighted by molar-refractivity contribution is 6.04. The molecule has 1 N–H and O–H groups in total. The lowest BCUT2D eigenvalue weighted by Gasteiger charge is -2.08. The average Bonchev–Trinajstić information content (AvgIpc) is 2.42. The highest BCUT2D eigenvalue weighted by Crippen LogP contribution is 2.14. The molecule has 0 aliphatic heterocycles. The number of anilines is 1. The summed E-state index contributed by atoms with van der Waals surface area (Å²) in [5.41, 5.74) is 5.17. The van der Waals surface area contributed by atoms with Crippen LogP contribution in [-0.2, 0) is 6.42 Å². The Morgan fingerprint density at radius 2 is 1.74 bits per heavy atom. The van der Waals surface area contributed by atoms with Gasteiger partial charge in [0, 0.05) is 11.3 Å². The molecule has 0 atom stereocenters. The van der Waals surface area contributed by atoms with E-state index in [2.05, 4.69) is 19.2 Å². The van der Waals surface area contributed by atoms with E-state index >= 15 is 0 Å². The summed E-state index contributed by atoms with van der Waals surface area (Å²) in [6, 6.07) is 13.7. The SMILES string of the molecule is CCc1cc(C(=O)Nc2ccc(C)cc2)ccc1C. The molecule has 0 saturated carbocycles. The predicted molar refractivity (Wildman–Crippen MR) is 79.7 cm³/mol. The van der Waals surface area contributed by atoms with Crippen LogP contribution in [0.15, 0.2) is 42.5 Å². The van der Waals surface area contributed by atoms with Crippen LogP contribution in [0.1, 0.15) is 34.0 Å². The largest absolute Gasteiger partial charge is 0.322 e. The van der Waals surface area contributed by atoms with Crippen LogP contribution in [0.2, 0.25) is 0 Å². The van der Waals surface area contributed by atoms with Gasteiger partial charge < -0.3 is 5.32 Å². The van der Waals surface area contributed by atoms with Crippen molar-refractivity contribution in [3.05, 3.63) is 64.7 Å². The predicted octanol–water partition coefficient (Wildman–Crippen LogP) is 4.12. The van der Waals surface area contributed by atoms with E-state index in [4.69, 9.17) is 0 Å². The molecular weight excluding hydrogens is 234 g/mol. The van der Waals surface area contributed by atoms with Crippen molar-refractivity contribution in [1.82, 2.24) is 0 Å². The third-order valence-corrected chi connectivity index (χ3v) is 3.30. The molecule has 0 unspecified atom stereocenters. The van der Waals surface area contributed by atoms with E-state index in [0.29, 0.717) is 5.56 Å². The number of hydrogen-bond donors (Lipinski definition) is 1. The zero-order valence-electron chi connectivity index (χ0n) is 11.7. The second-order valence-electron chi connectivity index (χ2n) is 4.81. The van der Waals surface area contributed by atoms with E-state index in [1.807, 2.05) is 49.4 Å². The van der Waals surface area contributed by atoms with Gasteiger partial charge in [0.15, 0.2) is 0 Å². The molecule has 0 saturated heterocycles. The fraction of sp³-hybridized carbons (Fsp3) is 0.235. The molecule has 19 heavy (non-hydrogen) atoms. The lowest BCUT2D eigenvalue weighted by atomic mass is 10.0. The molecule has 2 aromatic rings. The molecule has 1 amide bonds. The maximum absolute atomic E-state index is 12.2. The Labute approximate surface area is 114 Å². The van der Waals surface area contributed by atoms with Crippen LogP contribution in [0.3, 0.4) is 0 Å². The Kier molecular flexibility index (Phi) is 4.00. The number of benzene rings is 2. The summed E-state index contributed by atoms with van der Waals surface area (Å²) < 4.78 is 0. The molecule has 0 aliphatic carbocycles. The summed E-state index contributed by atoms with van der Waals surface area (Å²) in [5.74, 6) is -0.0569. The van der Waals surface area contributed by atoms with Crippen molar-refractivity contribution < 1.29 is 4.79 Å². The number of nitrogens with one attached hydrogen (secondary N) is 1. The van der Waals surface area contributed by atoms with E-state index in [9.17, 15) is 4.79 Å². The highest BCUT2D eigenvalue weighted by Gasteiger charge is 2.07. The smallest absolute Gasteiger partial charge is 0.255 e. The van der Waals surface area contributed by atoms with Crippen LogP contribution >= 0.6 is 0 Å².